The van der Waals surface area contributed by atoms with Crippen LogP contribution in [-0.4, -0.2) is 30.7 Å². The maximum atomic E-state index is 4.32. The van der Waals surface area contributed by atoms with Gasteiger partial charge in [-0.25, -0.2) is 4.98 Å². The highest BCUT2D eigenvalue weighted by molar-refractivity contribution is 8.00. The van der Waals surface area contributed by atoms with Crippen LogP contribution in [0.3, 0.4) is 0 Å². The summed E-state index contributed by atoms with van der Waals surface area (Å²) in [6, 6.07) is 16.4. The highest BCUT2D eigenvalue weighted by atomic mass is 32.2. The number of aryl methyl sites for hydroxylation is 1. The molecule has 0 bridgehead atoms. The van der Waals surface area contributed by atoms with Gasteiger partial charge in [0.1, 0.15) is 0 Å². The van der Waals surface area contributed by atoms with Gasteiger partial charge in [0.15, 0.2) is 0 Å². The van der Waals surface area contributed by atoms with Crippen LogP contribution in [-0.2, 0) is 13.6 Å². The van der Waals surface area contributed by atoms with Gasteiger partial charge in [-0.05, 0) is 62.4 Å². The summed E-state index contributed by atoms with van der Waals surface area (Å²) >= 11 is 5.92. The molecule has 0 aliphatic carbocycles. The van der Waals surface area contributed by atoms with Gasteiger partial charge in [-0.15, -0.1) is 12.6 Å². The van der Waals surface area contributed by atoms with Crippen LogP contribution in [0.5, 0.6) is 0 Å². The molecule has 0 amide bonds. The van der Waals surface area contributed by atoms with E-state index in [4.69, 9.17) is 0 Å². The van der Waals surface area contributed by atoms with Crippen LogP contribution in [0.25, 0.3) is 0 Å². The van der Waals surface area contributed by atoms with Gasteiger partial charge < -0.3 is 19.5 Å². The van der Waals surface area contributed by atoms with Crippen molar-refractivity contribution in [2.45, 2.75) is 16.3 Å². The predicted molar refractivity (Wildman–Crippen MR) is 120 cm³/mol. The second-order valence-electron chi connectivity index (χ2n) is 6.07. The van der Waals surface area contributed by atoms with Gasteiger partial charge in [0.25, 0.3) is 0 Å². The third kappa shape index (κ3) is 6.53. The third-order valence-corrected chi connectivity index (χ3v) is 4.87. The first-order valence-electron chi connectivity index (χ1n) is 8.61. The van der Waals surface area contributed by atoms with E-state index in [9.17, 15) is 0 Å². The Balaban J connectivity index is 0.000000817. The first-order chi connectivity index (χ1) is 13.0. The van der Waals surface area contributed by atoms with Gasteiger partial charge in [-0.1, -0.05) is 12.1 Å². The zero-order valence-electron chi connectivity index (χ0n) is 16.2. The predicted octanol–water partition coefficient (Wildman–Crippen LogP) is 4.30. The smallest absolute Gasteiger partial charge is 0.0946 e. The number of hydrogen-bond donors (Lipinski definition) is 3. The standard InChI is InChI=1S/C18H20N4S2.C2H7N/c1-21(12-14-11-19-13-22(14)2)18-6-4-3-5-17(18)20-24-16-9-7-15(23)8-10-16;1-3-2/h3-11,13,20,23H,12H2,1-2H3;3H,1-2H3. The normalized spacial score (nSPS) is 10.1. The Labute approximate surface area is 171 Å². The molecule has 0 aliphatic heterocycles. The lowest BCUT2D eigenvalue weighted by molar-refractivity contribution is 0.789. The molecule has 2 aromatic carbocycles. The Morgan fingerprint density at radius 1 is 1.11 bits per heavy atom. The number of aromatic nitrogens is 2. The molecule has 0 radical (unpaired) electrons. The van der Waals surface area contributed by atoms with Crippen LogP contribution in [0.2, 0.25) is 0 Å². The number of nitrogens with zero attached hydrogens (tertiary/aromatic N) is 3. The maximum absolute atomic E-state index is 4.32. The van der Waals surface area contributed by atoms with Crippen LogP contribution in [0, 0.1) is 0 Å². The van der Waals surface area contributed by atoms with E-state index in [1.807, 2.05) is 56.4 Å². The van der Waals surface area contributed by atoms with Gasteiger partial charge in [-0.2, -0.15) is 0 Å². The highest BCUT2D eigenvalue weighted by Crippen LogP contribution is 2.30. The number of anilines is 2. The second-order valence-corrected chi connectivity index (χ2v) is 7.46. The lowest BCUT2D eigenvalue weighted by atomic mass is 10.2. The Kier molecular flexibility index (Phi) is 8.57. The number of hydrogen-bond acceptors (Lipinski definition) is 6. The van der Waals surface area contributed by atoms with E-state index in [0.29, 0.717) is 0 Å². The molecule has 5 nitrogen and oxygen atoms in total. The van der Waals surface area contributed by atoms with E-state index in [0.717, 1.165) is 27.7 Å². The van der Waals surface area contributed by atoms with Crippen molar-refractivity contribution in [3.05, 3.63) is 66.7 Å². The lowest BCUT2D eigenvalue weighted by Gasteiger charge is -2.22. The van der Waals surface area contributed by atoms with E-state index >= 15 is 0 Å². The number of rotatable bonds is 6. The van der Waals surface area contributed by atoms with Crippen molar-refractivity contribution >= 4 is 36.0 Å². The molecular formula is C20H27N5S2. The van der Waals surface area contributed by atoms with Crippen molar-refractivity contribution in [2.24, 2.45) is 7.05 Å². The summed E-state index contributed by atoms with van der Waals surface area (Å²) in [4.78, 5) is 8.52. The van der Waals surface area contributed by atoms with Crippen molar-refractivity contribution in [2.75, 3.05) is 30.8 Å². The number of para-hydroxylation sites is 2. The molecule has 0 spiro atoms. The molecule has 3 aromatic rings. The molecule has 0 unspecified atom stereocenters. The molecule has 0 aliphatic rings. The van der Waals surface area contributed by atoms with Crippen LogP contribution in [0.4, 0.5) is 11.4 Å². The SMILES string of the molecule is CN(Cc1cncn1C)c1ccccc1NSc1ccc(S)cc1.CNC. The molecule has 0 atom stereocenters. The molecule has 27 heavy (non-hydrogen) atoms. The van der Waals surface area contributed by atoms with Gasteiger partial charge >= 0.3 is 0 Å². The zero-order valence-corrected chi connectivity index (χ0v) is 17.9. The Morgan fingerprint density at radius 3 is 2.41 bits per heavy atom. The molecular weight excluding hydrogens is 374 g/mol. The fourth-order valence-electron chi connectivity index (χ4n) is 2.39. The summed E-state index contributed by atoms with van der Waals surface area (Å²) in [6.45, 7) is 0.800. The monoisotopic (exact) mass is 401 g/mol. The highest BCUT2D eigenvalue weighted by Gasteiger charge is 2.09. The molecule has 144 valence electrons. The van der Waals surface area contributed by atoms with Gasteiger partial charge in [0, 0.05) is 30.1 Å². The van der Waals surface area contributed by atoms with Crippen LogP contribution in [0.15, 0.2) is 70.8 Å². The quantitative estimate of drug-likeness (QED) is 0.425. The van der Waals surface area contributed by atoms with Crippen molar-refractivity contribution in [3.8, 4) is 0 Å². The minimum absolute atomic E-state index is 0.800. The first-order valence-corrected chi connectivity index (χ1v) is 9.87. The number of benzene rings is 2. The summed E-state index contributed by atoms with van der Waals surface area (Å²) < 4.78 is 5.49. The Morgan fingerprint density at radius 2 is 1.78 bits per heavy atom. The van der Waals surface area contributed by atoms with E-state index in [2.05, 4.69) is 69.9 Å². The third-order valence-electron chi connectivity index (χ3n) is 3.75. The minimum atomic E-state index is 0.800. The van der Waals surface area contributed by atoms with Crippen LogP contribution in [0.1, 0.15) is 5.69 Å². The topological polar surface area (TPSA) is 45.1 Å². The molecule has 0 saturated carbocycles. The van der Waals surface area contributed by atoms with E-state index in [1.54, 1.807) is 11.9 Å². The van der Waals surface area contributed by atoms with Crippen molar-refractivity contribution < 1.29 is 0 Å². The van der Waals surface area contributed by atoms with Crippen LogP contribution >= 0.6 is 24.6 Å². The van der Waals surface area contributed by atoms with Gasteiger partial charge in [0.2, 0.25) is 0 Å². The lowest BCUT2D eigenvalue weighted by Crippen LogP contribution is -2.19. The first kappa shape index (κ1) is 21.2. The summed E-state index contributed by atoms with van der Waals surface area (Å²) in [7, 11) is 7.86. The van der Waals surface area contributed by atoms with Crippen LogP contribution < -0.4 is 14.9 Å². The van der Waals surface area contributed by atoms with E-state index < -0.39 is 0 Å². The van der Waals surface area contributed by atoms with Crippen molar-refractivity contribution in [1.82, 2.24) is 14.9 Å². The molecule has 7 heteroatoms. The minimum Gasteiger partial charge on any atom is -0.367 e. The average Bonchev–Trinajstić information content (AvgIpc) is 3.07. The summed E-state index contributed by atoms with van der Waals surface area (Å²) in [5.41, 5.74) is 3.41. The number of thiol groups is 1. The molecule has 2 N–H and O–H groups in total. The largest absolute Gasteiger partial charge is 0.367 e. The Bertz CT molecular complexity index is 817. The fourth-order valence-corrected chi connectivity index (χ4v) is 3.21. The average molecular weight is 402 g/mol. The van der Waals surface area contributed by atoms with E-state index in [-0.39, 0.29) is 0 Å². The maximum Gasteiger partial charge on any atom is 0.0946 e. The molecule has 0 fully saturated rings. The van der Waals surface area contributed by atoms with Gasteiger partial charge in [-0.3, -0.25) is 0 Å². The zero-order chi connectivity index (χ0) is 19.6. The van der Waals surface area contributed by atoms with E-state index in [1.165, 1.54) is 5.69 Å². The second kappa shape index (κ2) is 10.9. The summed E-state index contributed by atoms with van der Waals surface area (Å²) in [5, 5.41) is 2.75. The Hall–Kier alpha value is -2.09. The molecule has 0 saturated heterocycles. The number of nitrogens with one attached hydrogen (secondary N) is 2. The molecule has 1 heterocycles. The van der Waals surface area contributed by atoms with Gasteiger partial charge in [0.05, 0.1) is 29.9 Å². The molecule has 1 aromatic heterocycles. The summed E-state index contributed by atoms with van der Waals surface area (Å²) in [6.07, 6.45) is 3.73. The number of imidazole rings is 1. The summed E-state index contributed by atoms with van der Waals surface area (Å²) in [5.74, 6) is 0. The fraction of sp³-hybridized carbons (Fsp3) is 0.250. The van der Waals surface area contributed by atoms with Crippen molar-refractivity contribution in [3.63, 3.8) is 0 Å². The van der Waals surface area contributed by atoms with Crippen molar-refractivity contribution in [1.29, 1.82) is 0 Å². The molecule has 3 rings (SSSR count).